The molecule has 1 aromatic heterocycles. The molecule has 0 bridgehead atoms. The van der Waals surface area contributed by atoms with E-state index in [9.17, 15) is 0 Å². The van der Waals surface area contributed by atoms with E-state index in [1.54, 1.807) is 0 Å². The van der Waals surface area contributed by atoms with Crippen LogP contribution in [0.4, 0.5) is 0 Å². The van der Waals surface area contributed by atoms with Crippen LogP contribution in [0.15, 0.2) is 24.5 Å². The molecule has 1 saturated carbocycles. The van der Waals surface area contributed by atoms with E-state index in [2.05, 4.69) is 29.1 Å². The van der Waals surface area contributed by atoms with E-state index in [-0.39, 0.29) is 0 Å². The third-order valence-corrected chi connectivity index (χ3v) is 3.57. The summed E-state index contributed by atoms with van der Waals surface area (Å²) in [5.41, 5.74) is 2.01. The van der Waals surface area contributed by atoms with Gasteiger partial charge in [0.15, 0.2) is 0 Å². The second kappa shape index (κ2) is 2.32. The smallest absolute Gasteiger partial charge is 0.0270 e. The highest BCUT2D eigenvalue weighted by Gasteiger charge is 2.59. The molecule has 1 aromatic rings. The Morgan fingerprint density at radius 1 is 1.46 bits per heavy atom. The summed E-state index contributed by atoms with van der Waals surface area (Å²) in [6.07, 6.45) is 5.22. The zero-order valence-electron chi connectivity index (χ0n) is 7.90. The van der Waals surface area contributed by atoms with Crippen LogP contribution in [0, 0.1) is 5.92 Å². The van der Waals surface area contributed by atoms with E-state index in [4.69, 9.17) is 0 Å². The average molecular weight is 174 g/mol. The molecule has 2 fully saturated rings. The number of fused-ring (bicyclic) bond motifs is 1. The Morgan fingerprint density at radius 2 is 2.23 bits per heavy atom. The van der Waals surface area contributed by atoms with Gasteiger partial charge < -0.3 is 4.90 Å². The first-order chi connectivity index (χ1) is 6.31. The molecule has 2 nitrogen and oxygen atoms in total. The van der Waals surface area contributed by atoms with E-state index in [0.29, 0.717) is 5.41 Å². The molecule has 13 heavy (non-hydrogen) atoms. The summed E-state index contributed by atoms with van der Waals surface area (Å²) < 4.78 is 0. The van der Waals surface area contributed by atoms with Crippen molar-refractivity contribution in [1.29, 1.82) is 0 Å². The van der Waals surface area contributed by atoms with Crippen molar-refractivity contribution >= 4 is 0 Å². The number of piperidine rings is 1. The minimum Gasteiger partial charge on any atom is -0.305 e. The van der Waals surface area contributed by atoms with Crippen molar-refractivity contribution in [3.8, 4) is 0 Å². The fraction of sp³-hybridized carbons (Fsp3) is 0.545. The van der Waals surface area contributed by atoms with Crippen molar-refractivity contribution in [3.63, 3.8) is 0 Å². The topological polar surface area (TPSA) is 16.1 Å². The van der Waals surface area contributed by atoms with Crippen LogP contribution in [-0.4, -0.2) is 30.0 Å². The standard InChI is InChI=1S/C11H14N2/c1-13-7-10-6-11(10,8-13)9-2-4-12-5-3-9/h2-5,10H,6-8H2,1H3. The summed E-state index contributed by atoms with van der Waals surface area (Å²) in [5, 5.41) is 0. The number of pyridine rings is 1. The Hall–Kier alpha value is -0.890. The number of likely N-dealkylation sites (tertiary alicyclic amines) is 1. The lowest BCUT2D eigenvalue weighted by atomic mass is 9.96. The number of likely N-dealkylation sites (N-methyl/N-ethyl adjacent to an activating group) is 1. The highest BCUT2D eigenvalue weighted by molar-refractivity contribution is 5.35. The number of nitrogens with zero attached hydrogens (tertiary/aromatic N) is 2. The fourth-order valence-electron chi connectivity index (χ4n) is 2.86. The fourth-order valence-corrected chi connectivity index (χ4v) is 2.86. The minimum absolute atomic E-state index is 0.512. The zero-order valence-corrected chi connectivity index (χ0v) is 7.90. The molecule has 2 unspecified atom stereocenters. The molecule has 68 valence electrons. The van der Waals surface area contributed by atoms with Crippen molar-refractivity contribution in [1.82, 2.24) is 9.88 Å². The molecule has 2 heterocycles. The second-order valence-electron chi connectivity index (χ2n) is 4.49. The van der Waals surface area contributed by atoms with Gasteiger partial charge in [0.2, 0.25) is 0 Å². The largest absolute Gasteiger partial charge is 0.305 e. The first-order valence-corrected chi connectivity index (χ1v) is 4.90. The summed E-state index contributed by atoms with van der Waals surface area (Å²) in [6.45, 7) is 2.52. The summed E-state index contributed by atoms with van der Waals surface area (Å²) in [5.74, 6) is 0.917. The van der Waals surface area contributed by atoms with Crippen LogP contribution in [0.2, 0.25) is 0 Å². The van der Waals surface area contributed by atoms with Gasteiger partial charge in [0.1, 0.15) is 0 Å². The number of hydrogen-bond acceptors (Lipinski definition) is 2. The Morgan fingerprint density at radius 3 is 2.85 bits per heavy atom. The summed E-state index contributed by atoms with van der Waals surface area (Å²) in [6, 6.07) is 4.36. The normalized spacial score (nSPS) is 37.5. The monoisotopic (exact) mass is 174 g/mol. The van der Waals surface area contributed by atoms with Crippen LogP contribution >= 0.6 is 0 Å². The number of aromatic nitrogens is 1. The third kappa shape index (κ3) is 0.953. The average Bonchev–Trinajstić information content (AvgIpc) is 2.72. The second-order valence-corrected chi connectivity index (χ2v) is 4.49. The van der Waals surface area contributed by atoms with Crippen LogP contribution < -0.4 is 0 Å². The molecule has 2 atom stereocenters. The van der Waals surface area contributed by atoms with Gasteiger partial charge in [0.25, 0.3) is 0 Å². The van der Waals surface area contributed by atoms with Crippen LogP contribution in [0.3, 0.4) is 0 Å². The van der Waals surface area contributed by atoms with E-state index in [1.165, 1.54) is 25.1 Å². The van der Waals surface area contributed by atoms with Crippen LogP contribution in [0.1, 0.15) is 12.0 Å². The van der Waals surface area contributed by atoms with Gasteiger partial charge in [-0.15, -0.1) is 0 Å². The molecule has 3 rings (SSSR count). The SMILES string of the molecule is CN1CC2CC2(c2ccncc2)C1. The van der Waals surface area contributed by atoms with Crippen molar-refractivity contribution in [2.75, 3.05) is 20.1 Å². The van der Waals surface area contributed by atoms with Gasteiger partial charge in [-0.3, -0.25) is 4.98 Å². The van der Waals surface area contributed by atoms with E-state index >= 15 is 0 Å². The van der Waals surface area contributed by atoms with E-state index in [1.807, 2.05) is 12.4 Å². The first kappa shape index (κ1) is 7.51. The van der Waals surface area contributed by atoms with Crippen molar-refractivity contribution < 1.29 is 0 Å². The highest BCUT2D eigenvalue weighted by atomic mass is 15.2. The van der Waals surface area contributed by atoms with Gasteiger partial charge in [-0.1, -0.05) is 0 Å². The predicted octanol–water partition coefficient (Wildman–Crippen LogP) is 1.28. The highest BCUT2D eigenvalue weighted by Crippen LogP contribution is 2.58. The van der Waals surface area contributed by atoms with E-state index < -0.39 is 0 Å². The zero-order chi connectivity index (χ0) is 8.89. The quantitative estimate of drug-likeness (QED) is 0.637. The van der Waals surface area contributed by atoms with E-state index in [0.717, 1.165) is 5.92 Å². The molecule has 0 amide bonds. The van der Waals surface area contributed by atoms with Gasteiger partial charge >= 0.3 is 0 Å². The molecule has 1 saturated heterocycles. The van der Waals surface area contributed by atoms with Crippen molar-refractivity contribution in [2.24, 2.45) is 5.92 Å². The van der Waals surface area contributed by atoms with Crippen LogP contribution in [-0.2, 0) is 5.41 Å². The maximum Gasteiger partial charge on any atom is 0.0270 e. The minimum atomic E-state index is 0.512. The van der Waals surface area contributed by atoms with Gasteiger partial charge in [0, 0.05) is 30.9 Å². The maximum atomic E-state index is 4.07. The summed E-state index contributed by atoms with van der Waals surface area (Å²) >= 11 is 0. The van der Waals surface area contributed by atoms with Crippen LogP contribution in [0.5, 0.6) is 0 Å². The van der Waals surface area contributed by atoms with Crippen molar-refractivity contribution in [2.45, 2.75) is 11.8 Å². The van der Waals surface area contributed by atoms with Gasteiger partial charge in [-0.2, -0.15) is 0 Å². The van der Waals surface area contributed by atoms with Gasteiger partial charge in [0.05, 0.1) is 0 Å². The van der Waals surface area contributed by atoms with Gasteiger partial charge in [-0.25, -0.2) is 0 Å². The Bertz CT molecular complexity index is 322. The lowest BCUT2D eigenvalue weighted by Crippen LogP contribution is -2.22. The Kier molecular flexibility index (Phi) is 1.34. The number of hydrogen-bond donors (Lipinski definition) is 0. The molecular weight excluding hydrogens is 160 g/mol. The molecule has 2 heteroatoms. The molecule has 2 aliphatic rings. The molecular formula is C11H14N2. The molecule has 0 spiro atoms. The third-order valence-electron chi connectivity index (χ3n) is 3.57. The lowest BCUT2D eigenvalue weighted by molar-refractivity contribution is 0.363. The Balaban J connectivity index is 1.95. The lowest BCUT2D eigenvalue weighted by Gasteiger charge is -2.15. The Labute approximate surface area is 78.6 Å². The molecule has 0 N–H and O–H groups in total. The molecule has 1 aliphatic heterocycles. The maximum absolute atomic E-state index is 4.07. The summed E-state index contributed by atoms with van der Waals surface area (Å²) in [7, 11) is 2.22. The van der Waals surface area contributed by atoms with Crippen LogP contribution in [0.25, 0.3) is 0 Å². The first-order valence-electron chi connectivity index (χ1n) is 4.90. The molecule has 0 aromatic carbocycles. The molecule has 1 aliphatic carbocycles. The van der Waals surface area contributed by atoms with Crippen molar-refractivity contribution in [3.05, 3.63) is 30.1 Å². The predicted molar refractivity (Wildman–Crippen MR) is 51.5 cm³/mol. The number of rotatable bonds is 1. The van der Waals surface area contributed by atoms with Gasteiger partial charge in [-0.05, 0) is 37.1 Å². The summed E-state index contributed by atoms with van der Waals surface area (Å²) in [4.78, 5) is 6.51. The molecule has 0 radical (unpaired) electrons.